The summed E-state index contributed by atoms with van der Waals surface area (Å²) < 4.78 is 0. The summed E-state index contributed by atoms with van der Waals surface area (Å²) in [5.74, 6) is 0.249. The number of allylic oxidation sites excluding steroid dienone is 3. The lowest BCUT2D eigenvalue weighted by atomic mass is 9.92. The second kappa shape index (κ2) is 10.1. The molecule has 0 saturated carbocycles. The molecule has 0 heterocycles. The molecular formula is C20H28O. The second-order valence-electron chi connectivity index (χ2n) is 5.49. The molecule has 0 N–H and O–H groups in total. The number of Topliss-reactive ketones (excluding diaryl/α,β-unsaturated/α-hetero) is 1. The molecule has 0 fully saturated rings. The SMILES string of the molecule is C=CC/C(CCC)=C(/CCC)CCC(=O)c1ccccc1. The van der Waals surface area contributed by atoms with Crippen LogP contribution in [0.3, 0.4) is 0 Å². The fraction of sp³-hybridized carbons (Fsp3) is 0.450. The first-order valence-electron chi connectivity index (χ1n) is 8.11. The maximum atomic E-state index is 12.2. The van der Waals surface area contributed by atoms with Gasteiger partial charge >= 0.3 is 0 Å². The molecule has 21 heavy (non-hydrogen) atoms. The van der Waals surface area contributed by atoms with Gasteiger partial charge in [0.2, 0.25) is 0 Å². The summed E-state index contributed by atoms with van der Waals surface area (Å²) in [6, 6.07) is 9.61. The first-order chi connectivity index (χ1) is 10.2. The van der Waals surface area contributed by atoms with Crippen LogP contribution < -0.4 is 0 Å². The Bertz CT molecular complexity index is 468. The number of ketones is 1. The number of benzene rings is 1. The molecule has 0 aromatic heterocycles. The monoisotopic (exact) mass is 284 g/mol. The number of hydrogen-bond donors (Lipinski definition) is 0. The van der Waals surface area contributed by atoms with E-state index in [0.29, 0.717) is 6.42 Å². The molecule has 1 heteroatoms. The van der Waals surface area contributed by atoms with Gasteiger partial charge in [-0.05, 0) is 25.7 Å². The van der Waals surface area contributed by atoms with Crippen molar-refractivity contribution < 1.29 is 4.79 Å². The minimum absolute atomic E-state index is 0.249. The molecule has 1 nitrogen and oxygen atoms in total. The van der Waals surface area contributed by atoms with Crippen LogP contribution in [0, 0.1) is 0 Å². The van der Waals surface area contributed by atoms with Gasteiger partial charge in [0.05, 0.1) is 0 Å². The molecule has 0 aliphatic heterocycles. The van der Waals surface area contributed by atoms with E-state index in [-0.39, 0.29) is 5.78 Å². The summed E-state index contributed by atoms with van der Waals surface area (Å²) in [5.41, 5.74) is 3.80. The maximum Gasteiger partial charge on any atom is 0.163 e. The molecule has 0 radical (unpaired) electrons. The minimum atomic E-state index is 0.249. The highest BCUT2D eigenvalue weighted by Gasteiger charge is 2.09. The Kier molecular flexibility index (Phi) is 8.42. The van der Waals surface area contributed by atoms with Crippen LogP contribution in [0.2, 0.25) is 0 Å². The van der Waals surface area contributed by atoms with Crippen molar-refractivity contribution in [2.45, 2.75) is 58.8 Å². The van der Waals surface area contributed by atoms with Crippen molar-refractivity contribution >= 4 is 5.78 Å². The molecule has 0 unspecified atom stereocenters. The number of carbonyl (C=O) groups is 1. The Morgan fingerprint density at radius 2 is 1.57 bits per heavy atom. The molecule has 1 rings (SSSR count). The summed E-state index contributed by atoms with van der Waals surface area (Å²) in [6.07, 6.45) is 8.98. The normalized spacial score (nSPS) is 11.9. The molecule has 1 aromatic rings. The zero-order valence-corrected chi connectivity index (χ0v) is 13.5. The zero-order valence-electron chi connectivity index (χ0n) is 13.5. The third kappa shape index (κ3) is 6.12. The molecule has 0 aliphatic rings. The number of rotatable bonds is 10. The van der Waals surface area contributed by atoms with Crippen LogP contribution in [0.4, 0.5) is 0 Å². The highest BCUT2D eigenvalue weighted by molar-refractivity contribution is 5.96. The number of carbonyl (C=O) groups excluding carboxylic acids is 1. The van der Waals surface area contributed by atoms with Crippen molar-refractivity contribution in [1.82, 2.24) is 0 Å². The van der Waals surface area contributed by atoms with Gasteiger partial charge in [0.25, 0.3) is 0 Å². The highest BCUT2D eigenvalue weighted by Crippen LogP contribution is 2.24. The second-order valence-corrected chi connectivity index (χ2v) is 5.49. The molecule has 0 aliphatic carbocycles. The van der Waals surface area contributed by atoms with Gasteiger partial charge in [0, 0.05) is 12.0 Å². The van der Waals surface area contributed by atoms with Crippen LogP contribution in [-0.4, -0.2) is 5.78 Å². The van der Waals surface area contributed by atoms with Crippen LogP contribution in [0.15, 0.2) is 54.1 Å². The third-order valence-electron chi connectivity index (χ3n) is 3.74. The van der Waals surface area contributed by atoms with Gasteiger partial charge in [0.1, 0.15) is 0 Å². The first-order valence-corrected chi connectivity index (χ1v) is 8.11. The Morgan fingerprint density at radius 3 is 2.14 bits per heavy atom. The fourth-order valence-corrected chi connectivity index (χ4v) is 2.71. The van der Waals surface area contributed by atoms with Gasteiger partial charge in [-0.1, -0.05) is 74.2 Å². The van der Waals surface area contributed by atoms with E-state index in [4.69, 9.17) is 0 Å². The standard InChI is InChI=1S/C20H28O/c1-4-10-17(11-5-2)18(12-6-3)15-16-20(21)19-13-8-7-9-14-19/h4,7-9,13-14H,1,5-6,10-12,15-16H2,2-3H3/b18-17+. The average molecular weight is 284 g/mol. The van der Waals surface area contributed by atoms with Crippen molar-refractivity contribution in [3.05, 3.63) is 59.7 Å². The van der Waals surface area contributed by atoms with E-state index >= 15 is 0 Å². The fourth-order valence-electron chi connectivity index (χ4n) is 2.71. The molecule has 1 aromatic carbocycles. The predicted molar refractivity (Wildman–Crippen MR) is 91.7 cm³/mol. The Labute approximate surface area is 129 Å². The van der Waals surface area contributed by atoms with Gasteiger partial charge in [-0.3, -0.25) is 4.79 Å². The van der Waals surface area contributed by atoms with E-state index in [1.807, 2.05) is 36.4 Å². The molecule has 114 valence electrons. The minimum Gasteiger partial charge on any atom is -0.294 e. The maximum absolute atomic E-state index is 12.2. The first kappa shape index (κ1) is 17.4. The van der Waals surface area contributed by atoms with Crippen LogP contribution >= 0.6 is 0 Å². The molecule has 0 spiro atoms. The highest BCUT2D eigenvalue weighted by atomic mass is 16.1. The lowest BCUT2D eigenvalue weighted by Gasteiger charge is -2.13. The molecular weight excluding hydrogens is 256 g/mol. The van der Waals surface area contributed by atoms with E-state index in [1.54, 1.807) is 0 Å². The van der Waals surface area contributed by atoms with E-state index in [1.165, 1.54) is 11.1 Å². The molecule has 0 atom stereocenters. The topological polar surface area (TPSA) is 17.1 Å². The Balaban J connectivity index is 2.75. The summed E-state index contributed by atoms with van der Waals surface area (Å²) >= 11 is 0. The summed E-state index contributed by atoms with van der Waals surface area (Å²) in [5, 5.41) is 0. The molecule has 0 amide bonds. The van der Waals surface area contributed by atoms with Gasteiger partial charge in [-0.2, -0.15) is 0 Å². The van der Waals surface area contributed by atoms with Crippen molar-refractivity contribution in [3.8, 4) is 0 Å². The van der Waals surface area contributed by atoms with Crippen molar-refractivity contribution in [2.24, 2.45) is 0 Å². The summed E-state index contributed by atoms with van der Waals surface area (Å²) in [7, 11) is 0. The van der Waals surface area contributed by atoms with Gasteiger partial charge in [0.15, 0.2) is 5.78 Å². The van der Waals surface area contributed by atoms with Crippen molar-refractivity contribution in [3.63, 3.8) is 0 Å². The average Bonchev–Trinajstić information content (AvgIpc) is 2.52. The predicted octanol–water partition coefficient (Wildman–Crippen LogP) is 6.12. The zero-order chi connectivity index (χ0) is 15.5. The molecule has 0 saturated heterocycles. The van der Waals surface area contributed by atoms with E-state index in [9.17, 15) is 4.79 Å². The van der Waals surface area contributed by atoms with E-state index < -0.39 is 0 Å². The van der Waals surface area contributed by atoms with Gasteiger partial charge < -0.3 is 0 Å². The smallest absolute Gasteiger partial charge is 0.163 e. The van der Waals surface area contributed by atoms with Crippen molar-refractivity contribution in [2.75, 3.05) is 0 Å². The Hall–Kier alpha value is -1.63. The number of hydrogen-bond acceptors (Lipinski definition) is 1. The quantitative estimate of drug-likeness (QED) is 0.373. The van der Waals surface area contributed by atoms with Crippen LogP contribution in [-0.2, 0) is 0 Å². The molecule has 0 bridgehead atoms. The van der Waals surface area contributed by atoms with Gasteiger partial charge in [-0.25, -0.2) is 0 Å². The van der Waals surface area contributed by atoms with Gasteiger partial charge in [-0.15, -0.1) is 6.58 Å². The third-order valence-corrected chi connectivity index (χ3v) is 3.74. The lowest BCUT2D eigenvalue weighted by molar-refractivity contribution is 0.0982. The largest absolute Gasteiger partial charge is 0.294 e. The van der Waals surface area contributed by atoms with Crippen LogP contribution in [0.5, 0.6) is 0 Å². The van der Waals surface area contributed by atoms with Crippen LogP contribution in [0.25, 0.3) is 0 Å². The van der Waals surface area contributed by atoms with E-state index in [0.717, 1.165) is 44.1 Å². The van der Waals surface area contributed by atoms with Crippen LogP contribution in [0.1, 0.15) is 69.2 Å². The summed E-state index contributed by atoms with van der Waals surface area (Å²) in [4.78, 5) is 12.2. The lowest BCUT2D eigenvalue weighted by Crippen LogP contribution is -2.01. The summed E-state index contributed by atoms with van der Waals surface area (Å²) in [6.45, 7) is 8.28. The van der Waals surface area contributed by atoms with E-state index in [2.05, 4.69) is 20.4 Å². The van der Waals surface area contributed by atoms with Crippen molar-refractivity contribution in [1.29, 1.82) is 0 Å². The Morgan fingerprint density at radius 1 is 0.952 bits per heavy atom.